The number of nitrogens with zero attached hydrogens (tertiary/aromatic N) is 2. The summed E-state index contributed by atoms with van der Waals surface area (Å²) >= 11 is 0. The standard InChI is InChI=1S/C23H25FN4O2/c24-19-4-1-16(2-5-19)17-3-6-21(18(13-17)14-25)28-10-7-20(15-28)27-22(29)23(26)8-11-30-12-9-23/h1-6,13,20H,7-12,15,26H2,(H,27,29). The number of halogens is 1. The van der Waals surface area contributed by atoms with Crippen LogP contribution >= 0.6 is 0 Å². The summed E-state index contributed by atoms with van der Waals surface area (Å²) in [4.78, 5) is 14.8. The fraction of sp³-hybridized carbons (Fsp3) is 0.391. The molecule has 1 unspecified atom stereocenters. The van der Waals surface area contributed by atoms with Crippen molar-refractivity contribution in [2.75, 3.05) is 31.2 Å². The van der Waals surface area contributed by atoms with E-state index in [9.17, 15) is 14.4 Å². The molecule has 0 aliphatic carbocycles. The topological polar surface area (TPSA) is 91.4 Å². The zero-order valence-electron chi connectivity index (χ0n) is 16.7. The summed E-state index contributed by atoms with van der Waals surface area (Å²) < 4.78 is 18.5. The van der Waals surface area contributed by atoms with Crippen molar-refractivity contribution in [3.8, 4) is 17.2 Å². The first-order valence-corrected chi connectivity index (χ1v) is 10.2. The van der Waals surface area contributed by atoms with Gasteiger partial charge in [0.25, 0.3) is 0 Å². The number of hydrogen-bond donors (Lipinski definition) is 2. The Balaban J connectivity index is 1.45. The number of carbonyl (C=O) groups excluding carboxylic acids is 1. The van der Waals surface area contributed by atoms with Gasteiger partial charge in [-0.25, -0.2) is 4.39 Å². The Labute approximate surface area is 175 Å². The molecule has 2 aromatic rings. The molecule has 7 heteroatoms. The summed E-state index contributed by atoms with van der Waals surface area (Å²) in [5, 5.41) is 12.8. The third-order valence-electron chi connectivity index (χ3n) is 6.00. The third kappa shape index (κ3) is 4.16. The highest BCUT2D eigenvalue weighted by Gasteiger charge is 2.38. The van der Waals surface area contributed by atoms with E-state index < -0.39 is 5.54 Å². The zero-order chi connectivity index (χ0) is 21.1. The quantitative estimate of drug-likeness (QED) is 0.811. The predicted molar refractivity (Wildman–Crippen MR) is 112 cm³/mol. The highest BCUT2D eigenvalue weighted by molar-refractivity contribution is 5.86. The lowest BCUT2D eigenvalue weighted by atomic mass is 9.90. The van der Waals surface area contributed by atoms with E-state index in [1.807, 2.05) is 18.2 Å². The molecule has 156 valence electrons. The van der Waals surface area contributed by atoms with Gasteiger partial charge in [0.1, 0.15) is 11.9 Å². The first-order chi connectivity index (χ1) is 14.5. The van der Waals surface area contributed by atoms with E-state index in [0.29, 0.717) is 38.2 Å². The normalized spacial score (nSPS) is 20.6. The van der Waals surface area contributed by atoms with Gasteiger partial charge in [0.05, 0.1) is 16.8 Å². The molecule has 6 nitrogen and oxygen atoms in total. The van der Waals surface area contributed by atoms with E-state index in [1.165, 1.54) is 12.1 Å². The fourth-order valence-corrected chi connectivity index (χ4v) is 4.11. The molecule has 2 aliphatic rings. The predicted octanol–water partition coefficient (Wildman–Crippen LogP) is 2.57. The van der Waals surface area contributed by atoms with Crippen LogP contribution in [-0.4, -0.2) is 43.8 Å². The number of nitrogens with one attached hydrogen (secondary N) is 1. The Bertz CT molecular complexity index is 964. The van der Waals surface area contributed by atoms with Gasteiger partial charge in [0.15, 0.2) is 0 Å². The SMILES string of the molecule is N#Cc1cc(-c2ccc(F)cc2)ccc1N1CCC(NC(=O)C2(N)CCOCC2)C1. The maximum absolute atomic E-state index is 13.2. The number of carbonyl (C=O) groups is 1. The highest BCUT2D eigenvalue weighted by atomic mass is 19.1. The van der Waals surface area contributed by atoms with Crippen molar-refractivity contribution < 1.29 is 13.9 Å². The molecular formula is C23H25FN4O2. The molecule has 2 aliphatic heterocycles. The van der Waals surface area contributed by atoms with Crippen molar-refractivity contribution in [2.45, 2.75) is 30.8 Å². The summed E-state index contributed by atoms with van der Waals surface area (Å²) in [7, 11) is 0. The van der Waals surface area contributed by atoms with Gasteiger partial charge in [-0.1, -0.05) is 18.2 Å². The van der Waals surface area contributed by atoms with Gasteiger partial charge in [-0.05, 0) is 54.7 Å². The number of anilines is 1. The molecule has 0 bridgehead atoms. The van der Waals surface area contributed by atoms with Crippen LogP contribution in [0.1, 0.15) is 24.8 Å². The number of rotatable bonds is 4. The van der Waals surface area contributed by atoms with Crippen LogP contribution in [0.5, 0.6) is 0 Å². The maximum Gasteiger partial charge on any atom is 0.240 e. The summed E-state index contributed by atoms with van der Waals surface area (Å²) in [5.41, 5.74) is 8.54. The second-order valence-electron chi connectivity index (χ2n) is 8.02. The van der Waals surface area contributed by atoms with Crippen molar-refractivity contribution in [1.82, 2.24) is 5.32 Å². The van der Waals surface area contributed by atoms with Crippen LogP contribution in [0.3, 0.4) is 0 Å². The van der Waals surface area contributed by atoms with E-state index in [4.69, 9.17) is 10.5 Å². The Morgan fingerprint density at radius 2 is 1.90 bits per heavy atom. The number of hydrogen-bond acceptors (Lipinski definition) is 5. The van der Waals surface area contributed by atoms with Gasteiger partial charge in [-0.2, -0.15) is 5.26 Å². The zero-order valence-corrected chi connectivity index (χ0v) is 16.7. The molecule has 30 heavy (non-hydrogen) atoms. The number of amides is 1. The lowest BCUT2D eigenvalue weighted by Gasteiger charge is -2.33. The van der Waals surface area contributed by atoms with Crippen molar-refractivity contribution in [3.05, 3.63) is 53.8 Å². The molecule has 0 radical (unpaired) electrons. The Morgan fingerprint density at radius 1 is 1.20 bits per heavy atom. The van der Waals surface area contributed by atoms with Gasteiger partial charge in [0.2, 0.25) is 5.91 Å². The maximum atomic E-state index is 13.2. The van der Waals surface area contributed by atoms with Crippen LogP contribution in [-0.2, 0) is 9.53 Å². The van der Waals surface area contributed by atoms with Gasteiger partial charge in [-0.15, -0.1) is 0 Å². The van der Waals surface area contributed by atoms with E-state index in [-0.39, 0.29) is 17.8 Å². The molecule has 0 spiro atoms. The van der Waals surface area contributed by atoms with Gasteiger partial charge >= 0.3 is 0 Å². The number of ether oxygens (including phenoxy) is 1. The van der Waals surface area contributed by atoms with Crippen LogP contribution in [0.25, 0.3) is 11.1 Å². The van der Waals surface area contributed by atoms with Crippen molar-refractivity contribution >= 4 is 11.6 Å². The van der Waals surface area contributed by atoms with E-state index in [0.717, 1.165) is 29.8 Å². The number of nitriles is 1. The minimum absolute atomic E-state index is 0.0101. The van der Waals surface area contributed by atoms with Crippen molar-refractivity contribution in [1.29, 1.82) is 5.26 Å². The second-order valence-corrected chi connectivity index (χ2v) is 8.02. The summed E-state index contributed by atoms with van der Waals surface area (Å²) in [5.74, 6) is -0.411. The molecule has 2 aromatic carbocycles. The van der Waals surface area contributed by atoms with E-state index in [1.54, 1.807) is 12.1 Å². The second kappa shape index (κ2) is 8.42. The van der Waals surface area contributed by atoms with E-state index in [2.05, 4.69) is 16.3 Å². The van der Waals surface area contributed by atoms with Crippen LogP contribution in [0.4, 0.5) is 10.1 Å². The molecule has 1 amide bonds. The first kappa shape index (κ1) is 20.3. The monoisotopic (exact) mass is 408 g/mol. The van der Waals surface area contributed by atoms with Crippen LogP contribution in [0.2, 0.25) is 0 Å². The molecule has 1 atom stereocenters. The molecular weight excluding hydrogens is 383 g/mol. The van der Waals surface area contributed by atoms with Crippen molar-refractivity contribution in [2.24, 2.45) is 5.73 Å². The van der Waals surface area contributed by atoms with Crippen LogP contribution < -0.4 is 16.0 Å². The highest BCUT2D eigenvalue weighted by Crippen LogP contribution is 2.30. The van der Waals surface area contributed by atoms with Crippen molar-refractivity contribution in [3.63, 3.8) is 0 Å². The third-order valence-corrected chi connectivity index (χ3v) is 6.00. The van der Waals surface area contributed by atoms with Crippen LogP contribution in [0.15, 0.2) is 42.5 Å². The summed E-state index contributed by atoms with van der Waals surface area (Å²) in [6.45, 7) is 2.39. The smallest absolute Gasteiger partial charge is 0.240 e. The Hall–Kier alpha value is -2.95. The Morgan fingerprint density at radius 3 is 2.60 bits per heavy atom. The molecule has 2 heterocycles. The van der Waals surface area contributed by atoms with Gasteiger partial charge in [0, 0.05) is 32.3 Å². The molecule has 3 N–H and O–H groups in total. The molecule has 0 saturated carbocycles. The molecule has 0 aromatic heterocycles. The average Bonchev–Trinajstić information content (AvgIpc) is 3.22. The molecule has 2 saturated heterocycles. The van der Waals surface area contributed by atoms with Gasteiger partial charge in [-0.3, -0.25) is 4.79 Å². The van der Waals surface area contributed by atoms with Crippen LogP contribution in [0, 0.1) is 17.1 Å². The number of nitrogens with two attached hydrogens (primary N) is 1. The largest absolute Gasteiger partial charge is 0.381 e. The first-order valence-electron chi connectivity index (χ1n) is 10.2. The van der Waals surface area contributed by atoms with Gasteiger partial charge < -0.3 is 20.7 Å². The lowest BCUT2D eigenvalue weighted by molar-refractivity contribution is -0.130. The summed E-state index contributed by atoms with van der Waals surface area (Å²) in [6.07, 6.45) is 1.85. The lowest BCUT2D eigenvalue weighted by Crippen LogP contribution is -2.59. The number of benzene rings is 2. The molecule has 4 rings (SSSR count). The molecule has 2 fully saturated rings. The fourth-order valence-electron chi connectivity index (χ4n) is 4.11. The summed E-state index contributed by atoms with van der Waals surface area (Å²) in [6, 6.07) is 14.2. The Kier molecular flexibility index (Phi) is 5.71. The van der Waals surface area contributed by atoms with E-state index >= 15 is 0 Å². The average molecular weight is 408 g/mol. The minimum atomic E-state index is -0.861. The minimum Gasteiger partial charge on any atom is -0.381 e.